The van der Waals surface area contributed by atoms with Crippen molar-refractivity contribution in [1.29, 1.82) is 0 Å². The van der Waals surface area contributed by atoms with Crippen molar-refractivity contribution >= 4 is 23.1 Å². The zero-order valence-electron chi connectivity index (χ0n) is 11.1. The van der Waals surface area contributed by atoms with Crippen molar-refractivity contribution < 1.29 is 19.1 Å². The molecule has 1 heterocycles. The van der Waals surface area contributed by atoms with Gasteiger partial charge in [0.15, 0.2) is 5.58 Å². The molecular formula is C13H16N2O4. The van der Waals surface area contributed by atoms with Crippen LogP contribution in [0.1, 0.15) is 17.3 Å². The molecule has 0 saturated carbocycles. The number of oxazole rings is 1. The van der Waals surface area contributed by atoms with Crippen LogP contribution in [0.5, 0.6) is 0 Å². The number of carbonyl (C=O) groups is 1. The molecule has 2 rings (SSSR count). The molecule has 19 heavy (non-hydrogen) atoms. The SMILES string of the molecule is COC(C)CN(C)c1nc2ccc(C(=O)O)cc2o1. The first-order valence-corrected chi connectivity index (χ1v) is 5.89. The Hall–Kier alpha value is -2.08. The number of rotatable bonds is 5. The van der Waals surface area contributed by atoms with Gasteiger partial charge in [-0.1, -0.05) is 0 Å². The standard InChI is InChI=1S/C13H16N2O4/c1-8(18-3)7-15(2)13-14-10-5-4-9(12(16)17)6-11(10)19-13/h4-6,8H,7H2,1-3H3,(H,16,17). The third kappa shape index (κ3) is 2.85. The average Bonchev–Trinajstić information content (AvgIpc) is 2.81. The van der Waals surface area contributed by atoms with Gasteiger partial charge in [-0.05, 0) is 25.1 Å². The smallest absolute Gasteiger partial charge is 0.335 e. The van der Waals surface area contributed by atoms with E-state index in [1.165, 1.54) is 12.1 Å². The first kappa shape index (κ1) is 13.4. The second-order valence-electron chi connectivity index (χ2n) is 4.41. The van der Waals surface area contributed by atoms with Crippen molar-refractivity contribution in [2.24, 2.45) is 0 Å². The summed E-state index contributed by atoms with van der Waals surface area (Å²) in [4.78, 5) is 17.0. The third-order valence-corrected chi connectivity index (χ3v) is 2.88. The lowest BCUT2D eigenvalue weighted by Crippen LogP contribution is -2.28. The molecular weight excluding hydrogens is 248 g/mol. The highest BCUT2D eigenvalue weighted by atomic mass is 16.5. The van der Waals surface area contributed by atoms with Gasteiger partial charge in [0.25, 0.3) is 6.01 Å². The number of carboxylic acids is 1. The number of aromatic nitrogens is 1. The Morgan fingerprint density at radius 2 is 2.32 bits per heavy atom. The van der Waals surface area contributed by atoms with E-state index in [0.29, 0.717) is 23.7 Å². The van der Waals surface area contributed by atoms with E-state index in [0.717, 1.165) is 0 Å². The van der Waals surface area contributed by atoms with Gasteiger partial charge in [0.05, 0.1) is 11.7 Å². The van der Waals surface area contributed by atoms with E-state index in [1.807, 2.05) is 18.9 Å². The summed E-state index contributed by atoms with van der Waals surface area (Å²) >= 11 is 0. The van der Waals surface area contributed by atoms with Crippen molar-refractivity contribution in [3.8, 4) is 0 Å². The van der Waals surface area contributed by atoms with Gasteiger partial charge in [0.2, 0.25) is 0 Å². The van der Waals surface area contributed by atoms with E-state index in [4.69, 9.17) is 14.3 Å². The van der Waals surface area contributed by atoms with Crippen molar-refractivity contribution in [2.45, 2.75) is 13.0 Å². The maximum Gasteiger partial charge on any atom is 0.335 e. The Labute approximate surface area is 110 Å². The molecule has 0 bridgehead atoms. The number of aromatic carboxylic acids is 1. The lowest BCUT2D eigenvalue weighted by atomic mass is 10.2. The molecule has 102 valence electrons. The molecule has 2 aromatic rings. The molecule has 1 unspecified atom stereocenters. The predicted octanol–water partition coefficient (Wildman–Crippen LogP) is 2.00. The first-order chi connectivity index (χ1) is 9.01. The number of fused-ring (bicyclic) bond motifs is 1. The molecule has 0 aliphatic rings. The van der Waals surface area contributed by atoms with Crippen LogP contribution in [0.2, 0.25) is 0 Å². The zero-order chi connectivity index (χ0) is 14.0. The highest BCUT2D eigenvalue weighted by Gasteiger charge is 2.14. The quantitative estimate of drug-likeness (QED) is 0.890. The van der Waals surface area contributed by atoms with E-state index in [2.05, 4.69) is 4.98 Å². The van der Waals surface area contributed by atoms with Crippen LogP contribution in [0, 0.1) is 0 Å². The van der Waals surface area contributed by atoms with Crippen LogP contribution in [-0.4, -0.2) is 42.9 Å². The van der Waals surface area contributed by atoms with Crippen molar-refractivity contribution in [1.82, 2.24) is 4.98 Å². The maximum atomic E-state index is 10.9. The van der Waals surface area contributed by atoms with E-state index < -0.39 is 5.97 Å². The minimum absolute atomic E-state index is 0.0505. The van der Waals surface area contributed by atoms with Crippen LogP contribution in [-0.2, 0) is 4.74 Å². The van der Waals surface area contributed by atoms with Crippen LogP contribution in [0.3, 0.4) is 0 Å². The molecule has 0 radical (unpaired) electrons. The molecule has 1 N–H and O–H groups in total. The second-order valence-corrected chi connectivity index (χ2v) is 4.41. The molecule has 0 amide bonds. The van der Waals surface area contributed by atoms with Gasteiger partial charge in [-0.25, -0.2) is 4.79 Å². The number of likely N-dealkylation sites (N-methyl/N-ethyl adjacent to an activating group) is 1. The lowest BCUT2D eigenvalue weighted by Gasteiger charge is -2.18. The molecule has 1 aromatic heterocycles. The normalized spacial score (nSPS) is 12.6. The van der Waals surface area contributed by atoms with E-state index in [1.54, 1.807) is 13.2 Å². The number of hydrogen-bond acceptors (Lipinski definition) is 5. The fourth-order valence-corrected chi connectivity index (χ4v) is 1.75. The van der Waals surface area contributed by atoms with Crippen LogP contribution in [0.4, 0.5) is 6.01 Å². The van der Waals surface area contributed by atoms with Gasteiger partial charge in [-0.3, -0.25) is 0 Å². The molecule has 0 spiro atoms. The van der Waals surface area contributed by atoms with Crippen LogP contribution in [0.15, 0.2) is 22.6 Å². The molecule has 1 aromatic carbocycles. The van der Waals surface area contributed by atoms with Crippen molar-refractivity contribution in [3.63, 3.8) is 0 Å². The van der Waals surface area contributed by atoms with Crippen LogP contribution in [0.25, 0.3) is 11.1 Å². The van der Waals surface area contributed by atoms with Gasteiger partial charge < -0.3 is 19.2 Å². The van der Waals surface area contributed by atoms with Crippen LogP contribution < -0.4 is 4.90 Å². The lowest BCUT2D eigenvalue weighted by molar-refractivity contribution is 0.0697. The minimum Gasteiger partial charge on any atom is -0.478 e. The Balaban J connectivity index is 2.28. The van der Waals surface area contributed by atoms with E-state index in [-0.39, 0.29) is 11.7 Å². The van der Waals surface area contributed by atoms with Crippen molar-refractivity contribution in [3.05, 3.63) is 23.8 Å². The summed E-state index contributed by atoms with van der Waals surface area (Å²) in [6, 6.07) is 5.07. The highest BCUT2D eigenvalue weighted by Crippen LogP contribution is 2.22. The summed E-state index contributed by atoms with van der Waals surface area (Å²) in [5, 5.41) is 8.92. The minimum atomic E-state index is -0.985. The summed E-state index contributed by atoms with van der Waals surface area (Å²) in [7, 11) is 3.49. The van der Waals surface area contributed by atoms with Gasteiger partial charge in [-0.15, -0.1) is 0 Å². The first-order valence-electron chi connectivity index (χ1n) is 5.89. The monoisotopic (exact) mass is 264 g/mol. The summed E-state index contributed by atoms with van der Waals surface area (Å²) < 4.78 is 10.7. The number of benzene rings is 1. The fourth-order valence-electron chi connectivity index (χ4n) is 1.75. The Bertz CT molecular complexity index is 593. The maximum absolute atomic E-state index is 10.9. The zero-order valence-corrected chi connectivity index (χ0v) is 11.1. The number of hydrogen-bond donors (Lipinski definition) is 1. The summed E-state index contributed by atoms with van der Waals surface area (Å²) in [5.41, 5.74) is 1.28. The largest absolute Gasteiger partial charge is 0.478 e. The molecule has 0 fully saturated rings. The van der Waals surface area contributed by atoms with Crippen LogP contribution >= 0.6 is 0 Å². The number of methoxy groups -OCH3 is 1. The van der Waals surface area contributed by atoms with Gasteiger partial charge in [0, 0.05) is 20.7 Å². The molecule has 6 heteroatoms. The molecule has 0 aliphatic carbocycles. The number of carboxylic acid groups (broad SMARTS) is 1. The molecule has 0 aliphatic heterocycles. The molecule has 1 atom stereocenters. The Morgan fingerprint density at radius 1 is 1.58 bits per heavy atom. The predicted molar refractivity (Wildman–Crippen MR) is 70.7 cm³/mol. The number of nitrogens with zero attached hydrogens (tertiary/aromatic N) is 2. The summed E-state index contributed by atoms with van der Waals surface area (Å²) in [6.07, 6.45) is 0.0505. The average molecular weight is 264 g/mol. The highest BCUT2D eigenvalue weighted by molar-refractivity contribution is 5.92. The summed E-state index contributed by atoms with van der Waals surface area (Å²) in [5.74, 6) is -0.985. The Morgan fingerprint density at radius 3 is 2.95 bits per heavy atom. The van der Waals surface area contributed by atoms with E-state index >= 15 is 0 Å². The molecule has 6 nitrogen and oxygen atoms in total. The fraction of sp³-hybridized carbons (Fsp3) is 0.385. The third-order valence-electron chi connectivity index (χ3n) is 2.88. The topological polar surface area (TPSA) is 75.8 Å². The van der Waals surface area contributed by atoms with E-state index in [9.17, 15) is 4.79 Å². The second kappa shape index (κ2) is 5.27. The molecule has 0 saturated heterocycles. The Kier molecular flexibility index (Phi) is 3.71. The number of anilines is 1. The van der Waals surface area contributed by atoms with Gasteiger partial charge in [0.1, 0.15) is 5.52 Å². The van der Waals surface area contributed by atoms with Gasteiger partial charge >= 0.3 is 5.97 Å². The summed E-state index contributed by atoms with van der Waals surface area (Å²) in [6.45, 7) is 2.58. The van der Waals surface area contributed by atoms with Crippen molar-refractivity contribution in [2.75, 3.05) is 25.6 Å². The number of ether oxygens (including phenoxy) is 1. The van der Waals surface area contributed by atoms with Gasteiger partial charge in [-0.2, -0.15) is 4.98 Å².